The summed E-state index contributed by atoms with van der Waals surface area (Å²) in [5, 5.41) is 14.4. The molecule has 1 aliphatic heterocycles. The first-order chi connectivity index (χ1) is 13.4. The Kier molecular flexibility index (Phi) is 5.40. The lowest BCUT2D eigenvalue weighted by Crippen LogP contribution is -2.24. The van der Waals surface area contributed by atoms with E-state index in [2.05, 4.69) is 10.6 Å². The Bertz CT molecular complexity index is 948. The fourth-order valence-corrected chi connectivity index (χ4v) is 2.39. The van der Waals surface area contributed by atoms with Crippen LogP contribution in [0, 0.1) is 11.3 Å². The summed E-state index contributed by atoms with van der Waals surface area (Å²) in [6.07, 6.45) is -3.29. The number of benzene rings is 2. The van der Waals surface area contributed by atoms with Crippen LogP contribution < -0.4 is 20.1 Å². The van der Waals surface area contributed by atoms with Crippen molar-refractivity contribution in [3.63, 3.8) is 0 Å². The van der Waals surface area contributed by atoms with Crippen molar-refractivity contribution in [1.82, 2.24) is 5.32 Å². The summed E-state index contributed by atoms with van der Waals surface area (Å²) >= 11 is 0. The van der Waals surface area contributed by atoms with Crippen molar-refractivity contribution >= 4 is 11.6 Å². The molecule has 0 saturated carbocycles. The summed E-state index contributed by atoms with van der Waals surface area (Å²) in [7, 11) is 0. The monoisotopic (exact) mass is 389 g/mol. The maximum atomic E-state index is 12.5. The zero-order chi connectivity index (χ0) is 20.1. The van der Waals surface area contributed by atoms with E-state index in [1.165, 1.54) is 12.1 Å². The third-order valence-corrected chi connectivity index (χ3v) is 3.85. The molecule has 0 aliphatic carbocycles. The van der Waals surface area contributed by atoms with Crippen LogP contribution in [0.2, 0.25) is 0 Å². The molecule has 0 spiro atoms. The summed E-state index contributed by atoms with van der Waals surface area (Å²) in [5.74, 6) is 0.569. The number of ether oxygens (including phenoxy) is 2. The SMILES string of the molecule is N#C/C(=C/Nc1ccc(C(F)(F)F)cc1)C(=O)NCc1ccc2c(c1)OCO2. The van der Waals surface area contributed by atoms with E-state index in [1.54, 1.807) is 24.3 Å². The molecule has 0 saturated heterocycles. The van der Waals surface area contributed by atoms with Gasteiger partial charge < -0.3 is 20.1 Å². The highest BCUT2D eigenvalue weighted by Gasteiger charge is 2.29. The van der Waals surface area contributed by atoms with Crippen molar-refractivity contribution < 1.29 is 27.4 Å². The molecular formula is C19H14F3N3O3. The third-order valence-electron chi connectivity index (χ3n) is 3.85. The molecule has 0 radical (unpaired) electrons. The van der Waals surface area contributed by atoms with Crippen LogP contribution in [0.1, 0.15) is 11.1 Å². The van der Waals surface area contributed by atoms with Gasteiger partial charge in [0.05, 0.1) is 5.56 Å². The van der Waals surface area contributed by atoms with E-state index in [4.69, 9.17) is 14.7 Å². The van der Waals surface area contributed by atoms with Gasteiger partial charge in [-0.3, -0.25) is 4.79 Å². The van der Waals surface area contributed by atoms with Gasteiger partial charge in [0.15, 0.2) is 11.5 Å². The number of hydrogen-bond donors (Lipinski definition) is 2. The Hall–Kier alpha value is -3.67. The second-order valence-corrected chi connectivity index (χ2v) is 5.76. The lowest BCUT2D eigenvalue weighted by Gasteiger charge is -2.08. The van der Waals surface area contributed by atoms with Gasteiger partial charge in [0.25, 0.3) is 5.91 Å². The van der Waals surface area contributed by atoms with Crippen molar-refractivity contribution in [1.29, 1.82) is 5.26 Å². The van der Waals surface area contributed by atoms with E-state index in [0.29, 0.717) is 17.2 Å². The molecular weight excluding hydrogens is 375 g/mol. The van der Waals surface area contributed by atoms with E-state index in [0.717, 1.165) is 23.9 Å². The normalized spacial score (nSPS) is 13.0. The summed E-state index contributed by atoms with van der Waals surface area (Å²) in [4.78, 5) is 12.1. The molecule has 2 N–H and O–H groups in total. The number of rotatable bonds is 5. The molecule has 0 aromatic heterocycles. The Morgan fingerprint density at radius 2 is 1.86 bits per heavy atom. The van der Waals surface area contributed by atoms with E-state index < -0.39 is 17.6 Å². The zero-order valence-corrected chi connectivity index (χ0v) is 14.3. The standard InChI is InChI=1S/C19H14F3N3O3/c20-19(21,22)14-2-4-15(5-3-14)24-10-13(8-23)18(26)25-9-12-1-6-16-17(7-12)28-11-27-16/h1-7,10,24H,9,11H2,(H,25,26)/b13-10-. The third kappa shape index (κ3) is 4.54. The van der Waals surface area contributed by atoms with Gasteiger partial charge in [-0.1, -0.05) is 6.07 Å². The van der Waals surface area contributed by atoms with E-state index in [9.17, 15) is 18.0 Å². The van der Waals surface area contributed by atoms with E-state index in [-0.39, 0.29) is 18.9 Å². The molecule has 144 valence electrons. The fourth-order valence-electron chi connectivity index (χ4n) is 2.39. The van der Waals surface area contributed by atoms with Crippen molar-refractivity contribution in [3.8, 4) is 17.6 Å². The Morgan fingerprint density at radius 3 is 2.54 bits per heavy atom. The smallest absolute Gasteiger partial charge is 0.416 e. The quantitative estimate of drug-likeness (QED) is 0.603. The van der Waals surface area contributed by atoms with Gasteiger partial charge in [-0.25, -0.2) is 0 Å². The van der Waals surface area contributed by atoms with Crippen LogP contribution in [0.15, 0.2) is 54.2 Å². The van der Waals surface area contributed by atoms with Crippen LogP contribution in [0.3, 0.4) is 0 Å². The highest BCUT2D eigenvalue weighted by atomic mass is 19.4. The molecule has 0 fully saturated rings. The number of halogens is 3. The molecule has 2 aromatic carbocycles. The number of nitrogens with one attached hydrogen (secondary N) is 2. The van der Waals surface area contributed by atoms with E-state index >= 15 is 0 Å². The van der Waals surface area contributed by atoms with Crippen LogP contribution in [-0.4, -0.2) is 12.7 Å². The maximum Gasteiger partial charge on any atom is 0.416 e. The molecule has 28 heavy (non-hydrogen) atoms. The van der Waals surface area contributed by atoms with Gasteiger partial charge in [0, 0.05) is 18.4 Å². The molecule has 0 atom stereocenters. The lowest BCUT2D eigenvalue weighted by atomic mass is 10.2. The first kappa shape index (κ1) is 19.1. The minimum atomic E-state index is -4.43. The molecule has 1 amide bonds. The lowest BCUT2D eigenvalue weighted by molar-refractivity contribution is -0.137. The number of fused-ring (bicyclic) bond motifs is 1. The number of carbonyl (C=O) groups is 1. The van der Waals surface area contributed by atoms with Gasteiger partial charge in [0.1, 0.15) is 11.6 Å². The number of hydrogen-bond acceptors (Lipinski definition) is 5. The Morgan fingerprint density at radius 1 is 1.14 bits per heavy atom. The molecule has 0 unspecified atom stereocenters. The molecule has 1 aliphatic rings. The maximum absolute atomic E-state index is 12.5. The summed E-state index contributed by atoms with van der Waals surface area (Å²) < 4.78 is 48.1. The van der Waals surface area contributed by atoms with Gasteiger partial charge >= 0.3 is 6.18 Å². The molecule has 3 rings (SSSR count). The zero-order valence-electron chi connectivity index (χ0n) is 14.3. The second kappa shape index (κ2) is 7.92. The number of carbonyl (C=O) groups excluding carboxylic acids is 1. The van der Waals surface area contributed by atoms with Gasteiger partial charge in [0.2, 0.25) is 6.79 Å². The van der Waals surface area contributed by atoms with Gasteiger partial charge in [-0.05, 0) is 42.0 Å². The topological polar surface area (TPSA) is 83.4 Å². The minimum Gasteiger partial charge on any atom is -0.454 e. The largest absolute Gasteiger partial charge is 0.454 e. The van der Waals surface area contributed by atoms with Crippen molar-refractivity contribution in [2.45, 2.75) is 12.7 Å². The fraction of sp³-hybridized carbons (Fsp3) is 0.158. The second-order valence-electron chi connectivity index (χ2n) is 5.76. The van der Waals surface area contributed by atoms with Crippen molar-refractivity contribution in [2.24, 2.45) is 0 Å². The first-order valence-corrected chi connectivity index (χ1v) is 8.07. The molecule has 9 heteroatoms. The van der Waals surface area contributed by atoms with Crippen LogP contribution in [0.25, 0.3) is 0 Å². The van der Waals surface area contributed by atoms with Crippen LogP contribution in [-0.2, 0) is 17.5 Å². The first-order valence-electron chi connectivity index (χ1n) is 8.07. The number of amides is 1. The Labute approximate surface area is 158 Å². The summed E-state index contributed by atoms with van der Waals surface area (Å²) in [5.41, 5.74) is 0.0551. The predicted molar refractivity (Wildman–Crippen MR) is 93.2 cm³/mol. The highest BCUT2D eigenvalue weighted by Crippen LogP contribution is 2.32. The minimum absolute atomic E-state index is 0.141. The van der Waals surface area contributed by atoms with Gasteiger partial charge in [-0.15, -0.1) is 0 Å². The van der Waals surface area contributed by atoms with Crippen LogP contribution in [0.5, 0.6) is 11.5 Å². The average Bonchev–Trinajstić information content (AvgIpc) is 3.14. The Balaban J connectivity index is 1.59. The van der Waals surface area contributed by atoms with Crippen LogP contribution in [0.4, 0.5) is 18.9 Å². The highest BCUT2D eigenvalue weighted by molar-refractivity contribution is 5.97. The number of anilines is 1. The number of nitrogens with zero attached hydrogens (tertiary/aromatic N) is 1. The van der Waals surface area contributed by atoms with Gasteiger partial charge in [-0.2, -0.15) is 18.4 Å². The summed E-state index contributed by atoms with van der Waals surface area (Å²) in [6, 6.07) is 11.2. The predicted octanol–water partition coefficient (Wildman–Crippen LogP) is 3.57. The van der Waals surface area contributed by atoms with E-state index in [1.807, 2.05) is 0 Å². The summed E-state index contributed by atoms with van der Waals surface area (Å²) in [6.45, 7) is 0.302. The van der Waals surface area contributed by atoms with Crippen molar-refractivity contribution in [3.05, 3.63) is 65.4 Å². The molecule has 1 heterocycles. The average molecular weight is 389 g/mol. The van der Waals surface area contributed by atoms with Crippen molar-refractivity contribution in [2.75, 3.05) is 12.1 Å². The number of alkyl halides is 3. The molecule has 6 nitrogen and oxygen atoms in total. The molecule has 2 aromatic rings. The number of nitriles is 1. The van der Waals surface area contributed by atoms with Crippen LogP contribution >= 0.6 is 0 Å². The molecule has 0 bridgehead atoms.